The summed E-state index contributed by atoms with van der Waals surface area (Å²) in [4.78, 5) is 23.8. The second-order valence-electron chi connectivity index (χ2n) is 6.25. The van der Waals surface area contributed by atoms with Crippen molar-refractivity contribution in [1.29, 1.82) is 0 Å². The van der Waals surface area contributed by atoms with Crippen molar-refractivity contribution in [2.45, 2.75) is 26.2 Å². The molecule has 144 valence electrons. The molecule has 2 aromatic rings. The number of carbonyl (C=O) groups excluding carboxylic acids is 2. The van der Waals surface area contributed by atoms with Crippen LogP contribution in [0.25, 0.3) is 0 Å². The van der Waals surface area contributed by atoms with Crippen molar-refractivity contribution in [3.05, 3.63) is 58.1 Å². The predicted octanol–water partition coefficient (Wildman–Crippen LogP) is 3.35. The summed E-state index contributed by atoms with van der Waals surface area (Å²) in [5.74, 6) is 0.921. The van der Waals surface area contributed by atoms with Gasteiger partial charge in [0, 0.05) is 0 Å². The number of hydrogen-bond donors (Lipinski definition) is 2. The molecular formula is C20H23BrN2O4. The molecule has 0 heterocycles. The Hall–Kier alpha value is -2.54. The Morgan fingerprint density at radius 1 is 1.04 bits per heavy atom. The largest absolute Gasteiger partial charge is 0.497 e. The molecule has 0 aliphatic heterocycles. The van der Waals surface area contributed by atoms with Crippen LogP contribution in [0.3, 0.4) is 0 Å². The maximum atomic E-state index is 11.9. The third kappa shape index (κ3) is 6.60. The lowest BCUT2D eigenvalue weighted by Gasteiger charge is -2.12. The van der Waals surface area contributed by atoms with Gasteiger partial charge in [0.25, 0.3) is 5.91 Å². The van der Waals surface area contributed by atoms with Crippen LogP contribution in [-0.4, -0.2) is 25.5 Å². The quantitative estimate of drug-likeness (QED) is 0.655. The van der Waals surface area contributed by atoms with Crippen LogP contribution < -0.4 is 20.3 Å². The van der Waals surface area contributed by atoms with Crippen molar-refractivity contribution in [2.24, 2.45) is 0 Å². The molecule has 7 heteroatoms. The number of hydrazine groups is 1. The summed E-state index contributed by atoms with van der Waals surface area (Å²) in [6, 6.07) is 12.9. The second kappa shape index (κ2) is 9.97. The molecule has 0 radical (unpaired) electrons. The summed E-state index contributed by atoms with van der Waals surface area (Å²) < 4.78 is 11.3. The van der Waals surface area contributed by atoms with Crippen molar-refractivity contribution in [2.75, 3.05) is 13.7 Å². The molecule has 0 fully saturated rings. The van der Waals surface area contributed by atoms with Crippen molar-refractivity contribution >= 4 is 27.7 Å². The molecule has 0 aromatic heterocycles. The van der Waals surface area contributed by atoms with Crippen LogP contribution >= 0.6 is 15.9 Å². The van der Waals surface area contributed by atoms with E-state index in [0.717, 1.165) is 15.8 Å². The highest BCUT2D eigenvalue weighted by Gasteiger charge is 2.09. The molecule has 6 nitrogen and oxygen atoms in total. The zero-order valence-corrected chi connectivity index (χ0v) is 17.1. The van der Waals surface area contributed by atoms with Gasteiger partial charge in [0.15, 0.2) is 6.61 Å². The van der Waals surface area contributed by atoms with Gasteiger partial charge in [-0.25, -0.2) is 0 Å². The molecular weight excluding hydrogens is 412 g/mol. The van der Waals surface area contributed by atoms with Crippen LogP contribution in [0.2, 0.25) is 0 Å². The number of halogens is 1. The maximum absolute atomic E-state index is 11.9. The van der Waals surface area contributed by atoms with E-state index in [1.165, 1.54) is 5.56 Å². The van der Waals surface area contributed by atoms with Gasteiger partial charge in [0.1, 0.15) is 11.5 Å². The number of amides is 2. The minimum absolute atomic E-state index is 0.146. The van der Waals surface area contributed by atoms with Crippen molar-refractivity contribution < 1.29 is 19.1 Å². The highest BCUT2D eigenvalue weighted by Crippen LogP contribution is 2.28. The topological polar surface area (TPSA) is 76.7 Å². The van der Waals surface area contributed by atoms with Gasteiger partial charge in [-0.3, -0.25) is 20.4 Å². The van der Waals surface area contributed by atoms with Gasteiger partial charge < -0.3 is 9.47 Å². The van der Waals surface area contributed by atoms with Crippen LogP contribution in [0.1, 0.15) is 30.9 Å². The molecule has 0 saturated carbocycles. The molecule has 0 spiro atoms. The summed E-state index contributed by atoms with van der Waals surface area (Å²) in [5, 5.41) is 0. The lowest BCUT2D eigenvalue weighted by atomic mass is 10.0. The third-order valence-corrected chi connectivity index (χ3v) is 4.47. The van der Waals surface area contributed by atoms with Gasteiger partial charge >= 0.3 is 0 Å². The van der Waals surface area contributed by atoms with Crippen LogP contribution in [0, 0.1) is 0 Å². The summed E-state index contributed by atoms with van der Waals surface area (Å²) in [6.45, 7) is 4.00. The predicted molar refractivity (Wildman–Crippen MR) is 107 cm³/mol. The van der Waals surface area contributed by atoms with Crippen LogP contribution in [0.5, 0.6) is 11.5 Å². The molecule has 0 unspecified atom stereocenters. The lowest BCUT2D eigenvalue weighted by Crippen LogP contribution is -2.44. The molecule has 0 atom stereocenters. The zero-order chi connectivity index (χ0) is 19.8. The fourth-order valence-corrected chi connectivity index (χ4v) is 2.80. The van der Waals surface area contributed by atoms with E-state index < -0.39 is 5.91 Å². The van der Waals surface area contributed by atoms with Gasteiger partial charge in [0.05, 0.1) is 18.0 Å². The van der Waals surface area contributed by atoms with E-state index in [-0.39, 0.29) is 18.9 Å². The van der Waals surface area contributed by atoms with Crippen molar-refractivity contribution in [1.82, 2.24) is 10.9 Å². The normalized spacial score (nSPS) is 10.4. The van der Waals surface area contributed by atoms with E-state index in [1.807, 2.05) is 18.2 Å². The first-order chi connectivity index (χ1) is 12.9. The van der Waals surface area contributed by atoms with E-state index >= 15 is 0 Å². The summed E-state index contributed by atoms with van der Waals surface area (Å²) in [5.41, 5.74) is 6.70. The Kier molecular flexibility index (Phi) is 7.67. The van der Waals surface area contributed by atoms with E-state index in [9.17, 15) is 9.59 Å². The Balaban J connectivity index is 1.76. The Morgan fingerprint density at radius 3 is 2.30 bits per heavy atom. The molecule has 0 saturated heterocycles. The number of rotatable bonds is 7. The number of benzene rings is 2. The third-order valence-electron chi connectivity index (χ3n) is 3.85. The molecule has 0 aliphatic carbocycles. The molecule has 2 rings (SSSR count). The molecule has 2 amide bonds. The Morgan fingerprint density at radius 2 is 1.70 bits per heavy atom. The zero-order valence-electron chi connectivity index (χ0n) is 15.5. The molecule has 0 bridgehead atoms. The fraction of sp³-hybridized carbons (Fsp3) is 0.300. The minimum Gasteiger partial charge on any atom is -0.497 e. The summed E-state index contributed by atoms with van der Waals surface area (Å²) in [6.07, 6.45) is 0.146. The number of methoxy groups -OCH3 is 1. The molecule has 2 aromatic carbocycles. The summed E-state index contributed by atoms with van der Waals surface area (Å²) in [7, 11) is 1.58. The lowest BCUT2D eigenvalue weighted by molar-refractivity contribution is -0.129. The first-order valence-corrected chi connectivity index (χ1v) is 9.31. The monoisotopic (exact) mass is 434 g/mol. The maximum Gasteiger partial charge on any atom is 0.276 e. The fourth-order valence-electron chi connectivity index (χ4n) is 2.29. The van der Waals surface area contributed by atoms with E-state index in [4.69, 9.17) is 9.47 Å². The van der Waals surface area contributed by atoms with E-state index in [2.05, 4.69) is 40.6 Å². The Bertz CT molecular complexity index is 791. The average Bonchev–Trinajstić information content (AvgIpc) is 2.65. The first-order valence-electron chi connectivity index (χ1n) is 8.52. The highest BCUT2D eigenvalue weighted by molar-refractivity contribution is 9.10. The molecule has 2 N–H and O–H groups in total. The Labute approximate surface area is 167 Å². The van der Waals surface area contributed by atoms with Crippen LogP contribution in [0.4, 0.5) is 0 Å². The number of ether oxygens (including phenoxy) is 2. The number of nitrogens with one attached hydrogen (secondary N) is 2. The molecule has 0 aliphatic rings. The second-order valence-corrected chi connectivity index (χ2v) is 7.11. The van der Waals surface area contributed by atoms with Gasteiger partial charge in [-0.15, -0.1) is 0 Å². The standard InChI is InChI=1S/C20H23BrN2O4/c1-13(2)15-6-9-18(17(21)11-15)27-12-20(25)23-22-19(24)10-14-4-7-16(26-3)8-5-14/h4-9,11,13H,10,12H2,1-3H3,(H,22,24)(H,23,25). The van der Waals surface area contributed by atoms with Crippen LogP contribution in [0.15, 0.2) is 46.9 Å². The average molecular weight is 435 g/mol. The smallest absolute Gasteiger partial charge is 0.276 e. The highest BCUT2D eigenvalue weighted by atomic mass is 79.9. The summed E-state index contributed by atoms with van der Waals surface area (Å²) >= 11 is 3.44. The van der Waals surface area contributed by atoms with Crippen molar-refractivity contribution in [3.8, 4) is 11.5 Å². The van der Waals surface area contributed by atoms with E-state index in [1.54, 1.807) is 31.4 Å². The van der Waals surface area contributed by atoms with Crippen LogP contribution in [-0.2, 0) is 16.0 Å². The van der Waals surface area contributed by atoms with Gasteiger partial charge in [-0.2, -0.15) is 0 Å². The van der Waals surface area contributed by atoms with E-state index in [0.29, 0.717) is 11.7 Å². The number of carbonyl (C=O) groups is 2. The van der Waals surface area contributed by atoms with Gasteiger partial charge in [-0.05, 0) is 57.2 Å². The van der Waals surface area contributed by atoms with Gasteiger partial charge in [-0.1, -0.05) is 32.0 Å². The molecule has 27 heavy (non-hydrogen) atoms. The minimum atomic E-state index is -0.446. The van der Waals surface area contributed by atoms with Crippen molar-refractivity contribution in [3.63, 3.8) is 0 Å². The first kappa shape index (κ1) is 20.8. The number of hydrogen-bond acceptors (Lipinski definition) is 4. The SMILES string of the molecule is COc1ccc(CC(=O)NNC(=O)COc2ccc(C(C)C)cc2Br)cc1. The van der Waals surface area contributed by atoms with Gasteiger partial charge in [0.2, 0.25) is 5.91 Å².